The Morgan fingerprint density at radius 1 is 1.16 bits per heavy atom. The standard InChI is InChI=1S/C16H21NOS/c1-4-11-18-15-8-6-14(7-9-15)17-13(3)16-10-5-12(2)19-16/h5-10,13,17H,4,11H2,1-3H3. The fourth-order valence-electron chi connectivity index (χ4n) is 1.87. The zero-order valence-electron chi connectivity index (χ0n) is 11.8. The average molecular weight is 275 g/mol. The van der Waals surface area contributed by atoms with Crippen LogP contribution >= 0.6 is 11.3 Å². The van der Waals surface area contributed by atoms with Crippen LogP contribution in [0.25, 0.3) is 0 Å². The maximum atomic E-state index is 5.58. The molecule has 1 N–H and O–H groups in total. The quantitative estimate of drug-likeness (QED) is 0.799. The number of rotatable bonds is 6. The summed E-state index contributed by atoms with van der Waals surface area (Å²) in [4.78, 5) is 2.72. The van der Waals surface area contributed by atoms with Crippen molar-refractivity contribution in [1.82, 2.24) is 0 Å². The number of thiophene rings is 1. The summed E-state index contributed by atoms with van der Waals surface area (Å²) in [5.41, 5.74) is 1.13. The van der Waals surface area contributed by atoms with Crippen LogP contribution in [0.1, 0.15) is 36.1 Å². The summed E-state index contributed by atoms with van der Waals surface area (Å²) in [7, 11) is 0. The van der Waals surface area contributed by atoms with Gasteiger partial charge in [-0.2, -0.15) is 0 Å². The molecule has 0 saturated carbocycles. The molecule has 102 valence electrons. The summed E-state index contributed by atoms with van der Waals surface area (Å²) in [6.45, 7) is 7.21. The van der Waals surface area contributed by atoms with Crippen molar-refractivity contribution in [3.05, 3.63) is 46.2 Å². The van der Waals surface area contributed by atoms with Crippen molar-refractivity contribution in [3.8, 4) is 5.75 Å². The number of aryl methyl sites for hydroxylation is 1. The predicted octanol–water partition coefficient (Wildman–Crippen LogP) is 5.02. The van der Waals surface area contributed by atoms with Crippen molar-refractivity contribution in [2.45, 2.75) is 33.2 Å². The third-order valence-electron chi connectivity index (χ3n) is 2.90. The molecule has 1 unspecified atom stereocenters. The highest BCUT2D eigenvalue weighted by Crippen LogP contribution is 2.26. The molecule has 0 amide bonds. The fourth-order valence-corrected chi connectivity index (χ4v) is 2.75. The van der Waals surface area contributed by atoms with Gasteiger partial charge in [-0.15, -0.1) is 11.3 Å². The molecule has 0 aliphatic rings. The van der Waals surface area contributed by atoms with Crippen LogP contribution in [0.3, 0.4) is 0 Å². The summed E-state index contributed by atoms with van der Waals surface area (Å²) < 4.78 is 5.58. The molecule has 1 aromatic carbocycles. The smallest absolute Gasteiger partial charge is 0.119 e. The van der Waals surface area contributed by atoms with Crippen LogP contribution in [0.4, 0.5) is 5.69 Å². The number of ether oxygens (including phenoxy) is 1. The Morgan fingerprint density at radius 2 is 1.89 bits per heavy atom. The van der Waals surface area contributed by atoms with Gasteiger partial charge in [-0.1, -0.05) is 6.92 Å². The lowest BCUT2D eigenvalue weighted by Gasteiger charge is -2.14. The molecule has 0 bridgehead atoms. The molecular formula is C16H21NOS. The van der Waals surface area contributed by atoms with E-state index in [9.17, 15) is 0 Å². The molecule has 3 heteroatoms. The van der Waals surface area contributed by atoms with Crippen molar-refractivity contribution < 1.29 is 4.74 Å². The van der Waals surface area contributed by atoms with Crippen molar-refractivity contribution >= 4 is 17.0 Å². The Hall–Kier alpha value is -1.48. The highest BCUT2D eigenvalue weighted by Gasteiger charge is 2.07. The molecule has 0 radical (unpaired) electrons. The molecular weight excluding hydrogens is 254 g/mol. The molecule has 0 spiro atoms. The van der Waals surface area contributed by atoms with Crippen molar-refractivity contribution in [1.29, 1.82) is 0 Å². The zero-order valence-corrected chi connectivity index (χ0v) is 12.6. The number of nitrogens with one attached hydrogen (secondary N) is 1. The molecule has 1 heterocycles. The van der Waals surface area contributed by atoms with Crippen LogP contribution in [0.2, 0.25) is 0 Å². The largest absolute Gasteiger partial charge is 0.494 e. The Kier molecular flexibility index (Phi) is 4.86. The number of anilines is 1. The molecule has 0 saturated heterocycles. The van der Waals surface area contributed by atoms with Gasteiger partial charge in [0, 0.05) is 15.4 Å². The Balaban J connectivity index is 1.95. The van der Waals surface area contributed by atoms with Crippen molar-refractivity contribution in [3.63, 3.8) is 0 Å². The third kappa shape index (κ3) is 4.00. The first-order valence-electron chi connectivity index (χ1n) is 6.74. The van der Waals surface area contributed by atoms with Crippen LogP contribution in [0.5, 0.6) is 5.75 Å². The number of hydrogen-bond acceptors (Lipinski definition) is 3. The third-order valence-corrected chi connectivity index (χ3v) is 4.08. The molecule has 1 aromatic heterocycles. The van der Waals surface area contributed by atoms with Crippen LogP contribution in [0, 0.1) is 6.92 Å². The summed E-state index contributed by atoms with van der Waals surface area (Å²) in [5.74, 6) is 0.937. The van der Waals surface area contributed by atoms with Gasteiger partial charge in [0.05, 0.1) is 12.6 Å². The molecule has 19 heavy (non-hydrogen) atoms. The van der Waals surface area contributed by atoms with Gasteiger partial charge in [0.2, 0.25) is 0 Å². The lowest BCUT2D eigenvalue weighted by molar-refractivity contribution is 0.317. The van der Waals surface area contributed by atoms with E-state index in [2.05, 4.69) is 50.4 Å². The van der Waals surface area contributed by atoms with E-state index in [1.54, 1.807) is 0 Å². The minimum Gasteiger partial charge on any atom is -0.494 e. The van der Waals surface area contributed by atoms with E-state index in [-0.39, 0.29) is 0 Å². The zero-order chi connectivity index (χ0) is 13.7. The van der Waals surface area contributed by atoms with E-state index < -0.39 is 0 Å². The van der Waals surface area contributed by atoms with Gasteiger partial charge < -0.3 is 10.1 Å². The first-order chi connectivity index (χ1) is 9.19. The lowest BCUT2D eigenvalue weighted by atomic mass is 10.2. The van der Waals surface area contributed by atoms with Crippen LogP contribution < -0.4 is 10.1 Å². The van der Waals surface area contributed by atoms with E-state index in [0.717, 1.165) is 24.5 Å². The van der Waals surface area contributed by atoms with Gasteiger partial charge in [0.1, 0.15) is 5.75 Å². The first-order valence-corrected chi connectivity index (χ1v) is 7.56. The predicted molar refractivity (Wildman–Crippen MR) is 83.3 cm³/mol. The molecule has 0 aliphatic carbocycles. The van der Waals surface area contributed by atoms with E-state index in [0.29, 0.717) is 6.04 Å². The molecule has 0 fully saturated rings. The maximum absolute atomic E-state index is 5.58. The molecule has 0 aliphatic heterocycles. The van der Waals surface area contributed by atoms with E-state index in [1.165, 1.54) is 9.75 Å². The fraction of sp³-hybridized carbons (Fsp3) is 0.375. The molecule has 2 rings (SSSR count). The van der Waals surface area contributed by atoms with Crippen molar-refractivity contribution in [2.75, 3.05) is 11.9 Å². The summed E-state index contributed by atoms with van der Waals surface area (Å²) in [5, 5.41) is 3.51. The van der Waals surface area contributed by atoms with Crippen LogP contribution in [0.15, 0.2) is 36.4 Å². The Labute approximate surface area is 119 Å². The van der Waals surface area contributed by atoms with Gasteiger partial charge in [0.15, 0.2) is 0 Å². The maximum Gasteiger partial charge on any atom is 0.119 e. The summed E-state index contributed by atoms with van der Waals surface area (Å²) in [6, 6.07) is 12.9. The second-order valence-electron chi connectivity index (χ2n) is 4.69. The second kappa shape index (κ2) is 6.62. The summed E-state index contributed by atoms with van der Waals surface area (Å²) in [6.07, 6.45) is 1.04. The van der Waals surface area contributed by atoms with Crippen LogP contribution in [-0.2, 0) is 0 Å². The first kappa shape index (κ1) is 13.9. The highest BCUT2D eigenvalue weighted by atomic mass is 32.1. The summed E-state index contributed by atoms with van der Waals surface area (Å²) >= 11 is 1.84. The topological polar surface area (TPSA) is 21.3 Å². The van der Waals surface area contributed by atoms with Crippen molar-refractivity contribution in [2.24, 2.45) is 0 Å². The van der Waals surface area contributed by atoms with Gasteiger partial charge in [-0.25, -0.2) is 0 Å². The SMILES string of the molecule is CCCOc1ccc(NC(C)c2ccc(C)s2)cc1. The minimum absolute atomic E-state index is 0.334. The Bertz CT molecular complexity index is 504. The normalized spacial score (nSPS) is 12.2. The highest BCUT2D eigenvalue weighted by molar-refractivity contribution is 7.12. The van der Waals surface area contributed by atoms with E-state index in [4.69, 9.17) is 4.74 Å². The monoisotopic (exact) mass is 275 g/mol. The molecule has 1 atom stereocenters. The van der Waals surface area contributed by atoms with Gasteiger partial charge >= 0.3 is 0 Å². The van der Waals surface area contributed by atoms with E-state index in [1.807, 2.05) is 23.5 Å². The number of hydrogen-bond donors (Lipinski definition) is 1. The average Bonchev–Trinajstić information content (AvgIpc) is 2.85. The Morgan fingerprint density at radius 3 is 2.47 bits per heavy atom. The van der Waals surface area contributed by atoms with Crippen LogP contribution in [-0.4, -0.2) is 6.61 Å². The van der Waals surface area contributed by atoms with Gasteiger partial charge in [-0.3, -0.25) is 0 Å². The second-order valence-corrected chi connectivity index (χ2v) is 6.01. The van der Waals surface area contributed by atoms with E-state index >= 15 is 0 Å². The number of benzene rings is 1. The molecule has 2 nitrogen and oxygen atoms in total. The minimum atomic E-state index is 0.334. The van der Waals surface area contributed by atoms with Gasteiger partial charge in [-0.05, 0) is 56.7 Å². The molecule has 2 aromatic rings. The lowest BCUT2D eigenvalue weighted by Crippen LogP contribution is -2.04. The van der Waals surface area contributed by atoms with Gasteiger partial charge in [0.25, 0.3) is 0 Å².